The molecule has 1 aliphatic rings. The Hall–Kier alpha value is -2.89. The third kappa shape index (κ3) is 4.59. The molecule has 0 radical (unpaired) electrons. The highest BCUT2D eigenvalue weighted by Crippen LogP contribution is 2.15. The number of esters is 1. The van der Waals surface area contributed by atoms with Gasteiger partial charge in [-0.2, -0.15) is 0 Å². The fourth-order valence-corrected chi connectivity index (χ4v) is 2.88. The van der Waals surface area contributed by atoms with Crippen LogP contribution >= 0.6 is 0 Å². The number of nitrogens with zero attached hydrogens (tertiary/aromatic N) is 2. The van der Waals surface area contributed by atoms with Gasteiger partial charge in [-0.25, -0.2) is 9.78 Å². The lowest BCUT2D eigenvalue weighted by atomic mass is 10.1. The molecule has 0 unspecified atom stereocenters. The van der Waals surface area contributed by atoms with Crippen LogP contribution in [0.3, 0.4) is 0 Å². The molecule has 6 heteroatoms. The van der Waals surface area contributed by atoms with Crippen LogP contribution in [0.4, 0.5) is 5.82 Å². The van der Waals surface area contributed by atoms with Crippen molar-refractivity contribution in [1.82, 2.24) is 9.88 Å². The Morgan fingerprint density at radius 1 is 1.19 bits per heavy atom. The number of hydrogen-bond acceptors (Lipinski definition) is 5. The fourth-order valence-electron chi connectivity index (χ4n) is 2.88. The number of ether oxygens (including phenoxy) is 1. The molecule has 0 spiro atoms. The maximum absolute atomic E-state index is 11.7. The standard InChI is InChI=1S/C20H23N3O3/c1-2-26-20(25)17-9-10-18(22-13-17)21-12-15-5-7-16(8-6-15)14-23-11-3-4-19(23)24/h5-10,13H,2-4,11-12,14H2,1H3,(H,21,22). The smallest absolute Gasteiger partial charge is 0.339 e. The van der Waals surface area contributed by atoms with Crippen LogP contribution in [0.25, 0.3) is 0 Å². The minimum Gasteiger partial charge on any atom is -0.462 e. The molecule has 1 saturated heterocycles. The van der Waals surface area contributed by atoms with Crippen LogP contribution in [0.15, 0.2) is 42.6 Å². The number of pyridine rings is 1. The predicted octanol–water partition coefficient (Wildman–Crippen LogP) is 2.99. The molecule has 26 heavy (non-hydrogen) atoms. The largest absolute Gasteiger partial charge is 0.462 e. The Balaban J connectivity index is 1.51. The summed E-state index contributed by atoms with van der Waals surface area (Å²) >= 11 is 0. The second kappa shape index (κ2) is 8.47. The molecule has 2 heterocycles. The van der Waals surface area contributed by atoms with Gasteiger partial charge in [-0.15, -0.1) is 0 Å². The second-order valence-electron chi connectivity index (χ2n) is 6.24. The SMILES string of the molecule is CCOC(=O)c1ccc(NCc2ccc(CN3CCCC3=O)cc2)nc1. The van der Waals surface area contributed by atoms with Crippen LogP contribution in [0.1, 0.15) is 41.3 Å². The Morgan fingerprint density at radius 3 is 2.58 bits per heavy atom. The van der Waals surface area contributed by atoms with Crippen LogP contribution in [0.5, 0.6) is 0 Å². The van der Waals surface area contributed by atoms with Crippen LogP contribution in [0, 0.1) is 0 Å². The van der Waals surface area contributed by atoms with Crippen molar-refractivity contribution in [2.24, 2.45) is 0 Å². The lowest BCUT2D eigenvalue weighted by Crippen LogP contribution is -2.23. The molecule has 3 rings (SSSR count). The minimum absolute atomic E-state index is 0.244. The molecule has 1 aliphatic heterocycles. The summed E-state index contributed by atoms with van der Waals surface area (Å²) in [5, 5.41) is 3.23. The van der Waals surface area contributed by atoms with E-state index in [9.17, 15) is 9.59 Å². The van der Waals surface area contributed by atoms with Gasteiger partial charge in [-0.1, -0.05) is 24.3 Å². The van der Waals surface area contributed by atoms with Gasteiger partial charge in [-0.05, 0) is 36.6 Å². The maximum Gasteiger partial charge on any atom is 0.339 e. The molecule has 1 N–H and O–H groups in total. The van der Waals surface area contributed by atoms with Gasteiger partial charge < -0.3 is 15.0 Å². The van der Waals surface area contributed by atoms with Gasteiger partial charge >= 0.3 is 5.97 Å². The number of rotatable bonds is 7. The molecule has 0 aliphatic carbocycles. The highest BCUT2D eigenvalue weighted by atomic mass is 16.5. The molecule has 1 amide bonds. The fraction of sp³-hybridized carbons (Fsp3) is 0.350. The summed E-state index contributed by atoms with van der Waals surface area (Å²) in [6.07, 6.45) is 3.14. The molecule has 0 saturated carbocycles. The lowest BCUT2D eigenvalue weighted by molar-refractivity contribution is -0.128. The van der Waals surface area contributed by atoms with Crippen molar-refractivity contribution < 1.29 is 14.3 Å². The lowest BCUT2D eigenvalue weighted by Gasteiger charge is -2.15. The average molecular weight is 353 g/mol. The van der Waals surface area contributed by atoms with E-state index >= 15 is 0 Å². The molecular weight excluding hydrogens is 330 g/mol. The van der Waals surface area contributed by atoms with Gasteiger partial charge in [0.25, 0.3) is 0 Å². The molecule has 2 aromatic rings. The van der Waals surface area contributed by atoms with Crippen LogP contribution in [0.2, 0.25) is 0 Å². The molecule has 1 aromatic carbocycles. The van der Waals surface area contributed by atoms with Crippen molar-refractivity contribution >= 4 is 17.7 Å². The Morgan fingerprint density at radius 2 is 1.96 bits per heavy atom. The van der Waals surface area contributed by atoms with Gasteiger partial charge in [0, 0.05) is 32.3 Å². The first-order valence-electron chi connectivity index (χ1n) is 8.88. The van der Waals surface area contributed by atoms with Crippen molar-refractivity contribution in [3.63, 3.8) is 0 Å². The zero-order chi connectivity index (χ0) is 18.4. The first-order chi connectivity index (χ1) is 12.7. The number of benzene rings is 1. The normalized spacial score (nSPS) is 13.7. The first-order valence-corrected chi connectivity index (χ1v) is 8.88. The van der Waals surface area contributed by atoms with E-state index in [2.05, 4.69) is 34.6 Å². The summed E-state index contributed by atoms with van der Waals surface area (Å²) in [6, 6.07) is 11.7. The number of hydrogen-bond donors (Lipinski definition) is 1. The van der Waals surface area contributed by atoms with Crippen molar-refractivity contribution in [1.29, 1.82) is 0 Å². The van der Waals surface area contributed by atoms with E-state index in [0.717, 1.165) is 24.1 Å². The van der Waals surface area contributed by atoms with Gasteiger partial charge in [-0.3, -0.25) is 4.79 Å². The summed E-state index contributed by atoms with van der Waals surface area (Å²) in [5.41, 5.74) is 2.71. The number of carbonyl (C=O) groups excluding carboxylic acids is 2. The van der Waals surface area contributed by atoms with Crippen molar-refractivity contribution in [3.8, 4) is 0 Å². The van der Waals surface area contributed by atoms with Crippen molar-refractivity contribution in [2.45, 2.75) is 32.9 Å². The first kappa shape index (κ1) is 17.9. The van der Waals surface area contributed by atoms with E-state index in [4.69, 9.17) is 4.74 Å². The summed E-state index contributed by atoms with van der Waals surface area (Å²) in [7, 11) is 0. The number of likely N-dealkylation sites (tertiary alicyclic amines) is 1. The van der Waals surface area contributed by atoms with E-state index in [0.29, 0.717) is 37.5 Å². The van der Waals surface area contributed by atoms with Gasteiger partial charge in [0.05, 0.1) is 12.2 Å². The van der Waals surface area contributed by atoms with Gasteiger partial charge in [0.1, 0.15) is 5.82 Å². The molecule has 6 nitrogen and oxygen atoms in total. The summed E-state index contributed by atoms with van der Waals surface area (Å²) in [6.45, 7) is 4.30. The zero-order valence-electron chi connectivity index (χ0n) is 14.9. The highest BCUT2D eigenvalue weighted by Gasteiger charge is 2.19. The Kier molecular flexibility index (Phi) is 5.84. The number of anilines is 1. The molecular formula is C20H23N3O3. The maximum atomic E-state index is 11.7. The Labute approximate surface area is 153 Å². The monoisotopic (exact) mass is 353 g/mol. The number of carbonyl (C=O) groups is 2. The van der Waals surface area contributed by atoms with Gasteiger partial charge in [0.2, 0.25) is 5.91 Å². The van der Waals surface area contributed by atoms with E-state index < -0.39 is 0 Å². The van der Waals surface area contributed by atoms with E-state index in [1.165, 1.54) is 6.20 Å². The molecule has 1 fully saturated rings. The third-order valence-electron chi connectivity index (χ3n) is 4.32. The highest BCUT2D eigenvalue weighted by molar-refractivity contribution is 5.89. The average Bonchev–Trinajstić information content (AvgIpc) is 3.06. The van der Waals surface area contributed by atoms with E-state index in [-0.39, 0.29) is 11.9 Å². The zero-order valence-corrected chi connectivity index (χ0v) is 14.9. The second-order valence-corrected chi connectivity index (χ2v) is 6.24. The number of nitrogens with one attached hydrogen (secondary N) is 1. The molecule has 0 bridgehead atoms. The van der Waals surface area contributed by atoms with Crippen LogP contribution in [-0.4, -0.2) is 34.9 Å². The minimum atomic E-state index is -0.362. The third-order valence-corrected chi connectivity index (χ3v) is 4.32. The molecule has 0 atom stereocenters. The van der Waals surface area contributed by atoms with Crippen LogP contribution < -0.4 is 5.32 Å². The number of aromatic nitrogens is 1. The van der Waals surface area contributed by atoms with E-state index in [1.807, 2.05) is 4.90 Å². The van der Waals surface area contributed by atoms with Crippen molar-refractivity contribution in [3.05, 3.63) is 59.3 Å². The molecule has 1 aromatic heterocycles. The predicted molar refractivity (Wildman–Crippen MR) is 98.6 cm³/mol. The van der Waals surface area contributed by atoms with Crippen LogP contribution in [-0.2, 0) is 22.6 Å². The summed E-state index contributed by atoms with van der Waals surface area (Å²) in [5.74, 6) is 0.580. The quantitative estimate of drug-likeness (QED) is 0.775. The molecule has 136 valence electrons. The topological polar surface area (TPSA) is 71.5 Å². The van der Waals surface area contributed by atoms with Crippen molar-refractivity contribution in [2.75, 3.05) is 18.5 Å². The van der Waals surface area contributed by atoms with Gasteiger partial charge in [0.15, 0.2) is 0 Å². The van der Waals surface area contributed by atoms with E-state index in [1.54, 1.807) is 19.1 Å². The Bertz CT molecular complexity index is 757. The number of amides is 1. The summed E-state index contributed by atoms with van der Waals surface area (Å²) in [4.78, 5) is 29.4. The summed E-state index contributed by atoms with van der Waals surface area (Å²) < 4.78 is 4.94.